The van der Waals surface area contributed by atoms with Crippen LogP contribution < -0.4 is 11.1 Å². The van der Waals surface area contributed by atoms with Gasteiger partial charge in [-0.25, -0.2) is 0 Å². The molecule has 1 heterocycles. The van der Waals surface area contributed by atoms with Crippen LogP contribution in [-0.4, -0.2) is 42.5 Å². The minimum absolute atomic E-state index is 0.200. The average Bonchev–Trinajstić information content (AvgIpc) is 2.71. The lowest BCUT2D eigenvalue weighted by molar-refractivity contribution is -0.120. The molecule has 3 N–H and O–H groups in total. The molecule has 0 aromatic rings. The third-order valence-electron chi connectivity index (χ3n) is 4.11. The highest BCUT2D eigenvalue weighted by molar-refractivity contribution is 5.79. The largest absolute Gasteiger partial charge is 0.368 e. The molecule has 0 spiro atoms. The fourth-order valence-electron chi connectivity index (χ4n) is 2.76. The van der Waals surface area contributed by atoms with Crippen LogP contribution in [-0.2, 0) is 4.79 Å². The second kappa shape index (κ2) is 6.71. The smallest absolute Gasteiger partial charge is 0.234 e. The van der Waals surface area contributed by atoms with E-state index in [1.54, 1.807) is 0 Å². The third kappa shape index (κ3) is 5.49. The van der Waals surface area contributed by atoms with Gasteiger partial charge in [0.15, 0.2) is 0 Å². The van der Waals surface area contributed by atoms with Gasteiger partial charge in [0, 0.05) is 19.1 Å². The number of carbonyl (C=O) groups is 1. The number of nitrogens with one attached hydrogen (secondary N) is 1. The molecule has 1 saturated heterocycles. The lowest BCUT2D eigenvalue weighted by atomic mass is 9.80. The summed E-state index contributed by atoms with van der Waals surface area (Å²) in [7, 11) is 0. The Hall–Kier alpha value is -0.610. The van der Waals surface area contributed by atoms with Gasteiger partial charge in [-0.3, -0.25) is 4.79 Å². The summed E-state index contributed by atoms with van der Waals surface area (Å²) in [5, 5.41) is 3.24. The van der Waals surface area contributed by atoms with Gasteiger partial charge in [0.25, 0.3) is 0 Å². The summed E-state index contributed by atoms with van der Waals surface area (Å²) in [5.74, 6) is 0.526. The number of hydrogen-bond acceptors (Lipinski definition) is 3. The van der Waals surface area contributed by atoms with E-state index in [-0.39, 0.29) is 11.9 Å². The van der Waals surface area contributed by atoms with Crippen molar-refractivity contribution in [2.75, 3.05) is 19.6 Å². The summed E-state index contributed by atoms with van der Waals surface area (Å²) in [6.45, 7) is 14.3. The Morgan fingerprint density at radius 2 is 2.05 bits per heavy atom. The predicted molar refractivity (Wildman–Crippen MR) is 79.9 cm³/mol. The fraction of sp³-hybridized carbons (Fsp3) is 0.933. The van der Waals surface area contributed by atoms with Crippen LogP contribution in [0.1, 0.15) is 47.5 Å². The number of nitrogens with two attached hydrogens (primary N) is 1. The van der Waals surface area contributed by atoms with Gasteiger partial charge in [-0.1, -0.05) is 34.6 Å². The number of carbonyl (C=O) groups excluding carboxylic acids is 1. The Balaban J connectivity index is 2.38. The number of primary amides is 1. The summed E-state index contributed by atoms with van der Waals surface area (Å²) in [5.41, 5.74) is 5.83. The highest BCUT2D eigenvalue weighted by Gasteiger charge is 2.31. The summed E-state index contributed by atoms with van der Waals surface area (Å²) < 4.78 is 0. The molecule has 1 aliphatic heterocycles. The second-order valence-electron chi connectivity index (χ2n) is 7.22. The number of nitrogens with zero attached hydrogens (tertiary/aromatic N) is 1. The molecule has 19 heavy (non-hydrogen) atoms. The summed E-state index contributed by atoms with van der Waals surface area (Å²) in [6, 6.07) is 0.0899. The van der Waals surface area contributed by atoms with E-state index in [1.807, 2.05) is 13.8 Å². The molecule has 0 aliphatic carbocycles. The zero-order chi connectivity index (χ0) is 14.6. The number of likely N-dealkylation sites (tertiary alicyclic amines) is 1. The first kappa shape index (κ1) is 16.4. The zero-order valence-electron chi connectivity index (χ0n) is 13.2. The second-order valence-corrected chi connectivity index (χ2v) is 7.22. The minimum atomic E-state index is -0.236. The molecule has 0 bridgehead atoms. The van der Waals surface area contributed by atoms with Crippen molar-refractivity contribution in [2.24, 2.45) is 17.1 Å². The molecule has 112 valence electrons. The molecule has 1 rings (SSSR count). The summed E-state index contributed by atoms with van der Waals surface area (Å²) in [4.78, 5) is 13.9. The fourth-order valence-corrected chi connectivity index (χ4v) is 2.76. The van der Waals surface area contributed by atoms with Crippen LogP contribution in [0.15, 0.2) is 0 Å². The Morgan fingerprint density at radius 1 is 1.42 bits per heavy atom. The van der Waals surface area contributed by atoms with E-state index < -0.39 is 0 Å². The standard InChI is InChI=1S/C15H31N3O/c1-11(2)17-13(14(16)19)7-9-18-8-6-12(10-18)15(3,4)5/h11-13,17H,6-10H2,1-5H3,(H2,16,19). The summed E-state index contributed by atoms with van der Waals surface area (Å²) >= 11 is 0. The maximum atomic E-state index is 11.4. The Morgan fingerprint density at radius 3 is 2.47 bits per heavy atom. The first-order chi connectivity index (χ1) is 8.70. The van der Waals surface area contributed by atoms with Gasteiger partial charge < -0.3 is 16.0 Å². The zero-order valence-corrected chi connectivity index (χ0v) is 13.2. The topological polar surface area (TPSA) is 58.4 Å². The molecule has 0 radical (unpaired) electrons. The van der Waals surface area contributed by atoms with E-state index in [0.717, 1.165) is 32.0 Å². The Kier molecular flexibility index (Phi) is 5.81. The average molecular weight is 269 g/mol. The lowest BCUT2D eigenvalue weighted by Gasteiger charge is -2.27. The van der Waals surface area contributed by atoms with Gasteiger partial charge in [-0.15, -0.1) is 0 Å². The van der Waals surface area contributed by atoms with Crippen molar-refractivity contribution in [2.45, 2.75) is 59.5 Å². The first-order valence-corrected chi connectivity index (χ1v) is 7.48. The molecule has 4 heteroatoms. The van der Waals surface area contributed by atoms with Gasteiger partial charge in [0.2, 0.25) is 5.91 Å². The van der Waals surface area contributed by atoms with Crippen molar-refractivity contribution in [3.63, 3.8) is 0 Å². The van der Waals surface area contributed by atoms with Crippen LogP contribution in [0, 0.1) is 11.3 Å². The quantitative estimate of drug-likeness (QED) is 0.770. The van der Waals surface area contributed by atoms with Gasteiger partial charge in [-0.2, -0.15) is 0 Å². The molecule has 1 amide bonds. The monoisotopic (exact) mass is 269 g/mol. The van der Waals surface area contributed by atoms with Crippen molar-refractivity contribution < 1.29 is 4.79 Å². The predicted octanol–water partition coefficient (Wildman–Crippen LogP) is 1.60. The molecular weight excluding hydrogens is 238 g/mol. The van der Waals surface area contributed by atoms with Crippen LogP contribution in [0.3, 0.4) is 0 Å². The lowest BCUT2D eigenvalue weighted by Crippen LogP contribution is -2.46. The van der Waals surface area contributed by atoms with Crippen LogP contribution >= 0.6 is 0 Å². The number of hydrogen-bond donors (Lipinski definition) is 2. The van der Waals surface area contributed by atoms with E-state index in [0.29, 0.717) is 11.5 Å². The highest BCUT2D eigenvalue weighted by atomic mass is 16.1. The van der Waals surface area contributed by atoms with Crippen LogP contribution in [0.5, 0.6) is 0 Å². The Labute approximate surface area is 118 Å². The molecular formula is C15H31N3O. The molecule has 0 saturated carbocycles. The molecule has 0 aromatic heterocycles. The third-order valence-corrected chi connectivity index (χ3v) is 4.11. The molecule has 0 aromatic carbocycles. The van der Waals surface area contributed by atoms with E-state index in [9.17, 15) is 4.79 Å². The van der Waals surface area contributed by atoms with Gasteiger partial charge in [-0.05, 0) is 30.7 Å². The Bertz CT molecular complexity index is 296. The highest BCUT2D eigenvalue weighted by Crippen LogP contribution is 2.33. The normalized spacial score (nSPS) is 22.9. The van der Waals surface area contributed by atoms with Crippen molar-refractivity contribution in [3.8, 4) is 0 Å². The van der Waals surface area contributed by atoms with Crippen molar-refractivity contribution in [1.82, 2.24) is 10.2 Å². The van der Waals surface area contributed by atoms with Gasteiger partial charge in [0.05, 0.1) is 6.04 Å². The van der Waals surface area contributed by atoms with E-state index >= 15 is 0 Å². The van der Waals surface area contributed by atoms with E-state index in [2.05, 4.69) is 31.0 Å². The molecule has 2 unspecified atom stereocenters. The van der Waals surface area contributed by atoms with Crippen LogP contribution in [0.2, 0.25) is 0 Å². The molecule has 2 atom stereocenters. The maximum absolute atomic E-state index is 11.4. The first-order valence-electron chi connectivity index (χ1n) is 7.48. The minimum Gasteiger partial charge on any atom is -0.368 e. The maximum Gasteiger partial charge on any atom is 0.234 e. The van der Waals surface area contributed by atoms with Crippen LogP contribution in [0.4, 0.5) is 0 Å². The van der Waals surface area contributed by atoms with Crippen molar-refractivity contribution in [3.05, 3.63) is 0 Å². The van der Waals surface area contributed by atoms with Crippen molar-refractivity contribution >= 4 is 5.91 Å². The number of rotatable bonds is 6. The van der Waals surface area contributed by atoms with Gasteiger partial charge in [0.1, 0.15) is 0 Å². The molecule has 1 aliphatic rings. The van der Waals surface area contributed by atoms with Crippen LogP contribution in [0.25, 0.3) is 0 Å². The number of amides is 1. The van der Waals surface area contributed by atoms with E-state index in [4.69, 9.17) is 5.73 Å². The van der Waals surface area contributed by atoms with Crippen molar-refractivity contribution in [1.29, 1.82) is 0 Å². The summed E-state index contributed by atoms with van der Waals surface area (Å²) in [6.07, 6.45) is 2.08. The van der Waals surface area contributed by atoms with Gasteiger partial charge >= 0.3 is 0 Å². The molecule has 4 nitrogen and oxygen atoms in total. The van der Waals surface area contributed by atoms with E-state index in [1.165, 1.54) is 6.42 Å². The SMILES string of the molecule is CC(C)NC(CCN1CCC(C(C)(C)C)C1)C(N)=O. The molecule has 1 fully saturated rings.